The monoisotopic (exact) mass is 329 g/mol. The molecule has 2 saturated heterocycles. The van der Waals surface area contributed by atoms with E-state index in [2.05, 4.69) is 19.9 Å². The highest BCUT2D eigenvalue weighted by Gasteiger charge is 2.49. The van der Waals surface area contributed by atoms with Crippen LogP contribution in [-0.4, -0.2) is 45.4 Å². The van der Waals surface area contributed by atoms with Crippen LogP contribution in [0.2, 0.25) is 0 Å². The first-order valence-electron chi connectivity index (χ1n) is 7.95. The van der Waals surface area contributed by atoms with Gasteiger partial charge in [-0.15, -0.1) is 11.3 Å². The predicted molar refractivity (Wildman–Crippen MR) is 88.1 cm³/mol. The van der Waals surface area contributed by atoms with Crippen molar-refractivity contribution in [2.45, 2.75) is 25.8 Å². The highest BCUT2D eigenvalue weighted by atomic mass is 32.1. The van der Waals surface area contributed by atoms with Gasteiger partial charge in [0.1, 0.15) is 11.3 Å². The van der Waals surface area contributed by atoms with Gasteiger partial charge in [-0.1, -0.05) is 0 Å². The summed E-state index contributed by atoms with van der Waals surface area (Å²) in [6, 6.07) is 0. The van der Waals surface area contributed by atoms with E-state index in [1.165, 1.54) is 6.33 Å². The van der Waals surface area contributed by atoms with Crippen LogP contribution in [0.25, 0.3) is 0 Å². The zero-order valence-electron chi connectivity index (χ0n) is 12.9. The molecule has 7 heteroatoms. The molecule has 1 amide bonds. The van der Waals surface area contributed by atoms with Crippen molar-refractivity contribution in [1.82, 2.24) is 19.9 Å². The predicted octanol–water partition coefficient (Wildman–Crippen LogP) is 1.95. The molecule has 1 spiro atoms. The Balaban J connectivity index is 1.51. The number of thiazole rings is 1. The van der Waals surface area contributed by atoms with Crippen molar-refractivity contribution in [2.75, 3.05) is 24.5 Å². The third-order valence-corrected chi connectivity index (χ3v) is 5.63. The van der Waals surface area contributed by atoms with Crippen LogP contribution in [0.15, 0.2) is 30.3 Å². The molecule has 0 radical (unpaired) electrons. The SMILES string of the molecule is O=C1N(c2cncnc2)CC[C@@]12CCCN(Cc1nccs1)C2. The Morgan fingerprint density at radius 1 is 1.22 bits per heavy atom. The van der Waals surface area contributed by atoms with Crippen LogP contribution < -0.4 is 4.90 Å². The molecule has 120 valence electrons. The number of hydrogen-bond donors (Lipinski definition) is 0. The summed E-state index contributed by atoms with van der Waals surface area (Å²) in [6.45, 7) is 3.48. The van der Waals surface area contributed by atoms with Gasteiger partial charge in [-0.25, -0.2) is 15.0 Å². The van der Waals surface area contributed by atoms with Crippen molar-refractivity contribution in [3.63, 3.8) is 0 Å². The van der Waals surface area contributed by atoms with Crippen LogP contribution in [-0.2, 0) is 11.3 Å². The molecular formula is C16H19N5OS. The second kappa shape index (κ2) is 5.98. The van der Waals surface area contributed by atoms with Crippen molar-refractivity contribution in [3.05, 3.63) is 35.3 Å². The second-order valence-corrected chi connectivity index (χ2v) is 7.30. The molecule has 2 aliphatic heterocycles. The number of nitrogens with zero attached hydrogens (tertiary/aromatic N) is 5. The Bertz CT molecular complexity index is 677. The minimum atomic E-state index is -0.245. The molecule has 2 aliphatic rings. The standard InChI is InChI=1S/C16H19N5OS/c22-15-16(3-6-21(15)13-8-17-12-18-9-13)2-1-5-20(11-16)10-14-19-4-7-23-14/h4,7-9,12H,1-3,5-6,10-11H2/t16-/m1/s1. The quantitative estimate of drug-likeness (QED) is 0.861. The number of piperidine rings is 1. The fourth-order valence-electron chi connectivity index (χ4n) is 3.76. The summed E-state index contributed by atoms with van der Waals surface area (Å²) >= 11 is 1.68. The zero-order valence-corrected chi connectivity index (χ0v) is 13.7. The molecule has 0 aliphatic carbocycles. The third-order valence-electron chi connectivity index (χ3n) is 4.87. The summed E-state index contributed by atoms with van der Waals surface area (Å²) in [5.41, 5.74) is 0.567. The maximum Gasteiger partial charge on any atom is 0.234 e. The number of rotatable bonds is 3. The smallest absolute Gasteiger partial charge is 0.234 e. The summed E-state index contributed by atoms with van der Waals surface area (Å²) in [5, 5.41) is 3.13. The Kier molecular flexibility index (Phi) is 3.82. The van der Waals surface area contributed by atoms with Gasteiger partial charge in [0, 0.05) is 24.7 Å². The Morgan fingerprint density at radius 2 is 2.09 bits per heavy atom. The van der Waals surface area contributed by atoms with Crippen molar-refractivity contribution in [2.24, 2.45) is 5.41 Å². The maximum atomic E-state index is 13.1. The fraction of sp³-hybridized carbons (Fsp3) is 0.500. The van der Waals surface area contributed by atoms with E-state index in [0.29, 0.717) is 0 Å². The fourth-order valence-corrected chi connectivity index (χ4v) is 4.42. The van der Waals surface area contributed by atoms with Crippen LogP contribution in [0.4, 0.5) is 5.69 Å². The minimum Gasteiger partial charge on any atom is -0.309 e. The van der Waals surface area contributed by atoms with Gasteiger partial charge >= 0.3 is 0 Å². The molecule has 23 heavy (non-hydrogen) atoms. The Hall–Kier alpha value is -1.86. The summed E-state index contributed by atoms with van der Waals surface area (Å²) in [6.07, 6.45) is 9.74. The van der Waals surface area contributed by atoms with Crippen molar-refractivity contribution in [1.29, 1.82) is 0 Å². The first-order chi connectivity index (χ1) is 11.3. The lowest BCUT2D eigenvalue weighted by Crippen LogP contribution is -2.47. The highest BCUT2D eigenvalue weighted by molar-refractivity contribution is 7.09. The van der Waals surface area contributed by atoms with E-state index in [-0.39, 0.29) is 11.3 Å². The number of hydrogen-bond acceptors (Lipinski definition) is 6. The molecule has 4 heterocycles. The van der Waals surface area contributed by atoms with Gasteiger partial charge in [0.2, 0.25) is 5.91 Å². The van der Waals surface area contributed by atoms with Crippen LogP contribution in [0.5, 0.6) is 0 Å². The number of carbonyl (C=O) groups is 1. The van der Waals surface area contributed by atoms with Gasteiger partial charge in [-0.05, 0) is 25.8 Å². The first kappa shape index (κ1) is 14.7. The lowest BCUT2D eigenvalue weighted by atomic mass is 9.78. The average Bonchev–Trinajstić information content (AvgIpc) is 3.19. The van der Waals surface area contributed by atoms with Gasteiger partial charge in [0.15, 0.2) is 0 Å². The maximum absolute atomic E-state index is 13.1. The Morgan fingerprint density at radius 3 is 2.87 bits per heavy atom. The third kappa shape index (κ3) is 2.74. The number of amides is 1. The van der Waals surface area contributed by atoms with Gasteiger partial charge in [0.05, 0.1) is 30.0 Å². The topological polar surface area (TPSA) is 62.2 Å². The average molecular weight is 329 g/mol. The highest BCUT2D eigenvalue weighted by Crippen LogP contribution is 2.41. The second-order valence-electron chi connectivity index (χ2n) is 6.32. The molecular weight excluding hydrogens is 310 g/mol. The van der Waals surface area contributed by atoms with Gasteiger partial charge < -0.3 is 4.90 Å². The summed E-state index contributed by atoms with van der Waals surface area (Å²) in [4.78, 5) is 29.7. The molecule has 2 aromatic heterocycles. The van der Waals surface area contributed by atoms with E-state index < -0.39 is 0 Å². The van der Waals surface area contributed by atoms with E-state index in [1.807, 2.05) is 16.5 Å². The summed E-state index contributed by atoms with van der Waals surface area (Å²) in [7, 11) is 0. The van der Waals surface area contributed by atoms with E-state index >= 15 is 0 Å². The van der Waals surface area contributed by atoms with E-state index in [9.17, 15) is 4.79 Å². The van der Waals surface area contributed by atoms with Crippen LogP contribution in [0.1, 0.15) is 24.3 Å². The summed E-state index contributed by atoms with van der Waals surface area (Å²) < 4.78 is 0. The first-order valence-corrected chi connectivity index (χ1v) is 8.83. The molecule has 2 aromatic rings. The largest absolute Gasteiger partial charge is 0.309 e. The molecule has 0 N–H and O–H groups in total. The molecule has 2 fully saturated rings. The number of carbonyl (C=O) groups excluding carboxylic acids is 1. The summed E-state index contributed by atoms with van der Waals surface area (Å²) in [5.74, 6) is 0.233. The minimum absolute atomic E-state index is 0.233. The molecule has 0 saturated carbocycles. The number of anilines is 1. The van der Waals surface area contributed by atoms with Crippen LogP contribution >= 0.6 is 11.3 Å². The lowest BCUT2D eigenvalue weighted by molar-refractivity contribution is -0.128. The normalized spacial score (nSPS) is 25.4. The van der Waals surface area contributed by atoms with Crippen LogP contribution in [0, 0.1) is 5.41 Å². The molecule has 6 nitrogen and oxygen atoms in total. The molecule has 0 unspecified atom stereocenters. The molecule has 4 rings (SSSR count). The number of aromatic nitrogens is 3. The van der Waals surface area contributed by atoms with Gasteiger partial charge in [-0.3, -0.25) is 9.69 Å². The van der Waals surface area contributed by atoms with E-state index in [0.717, 1.165) is 56.1 Å². The van der Waals surface area contributed by atoms with Crippen LogP contribution in [0.3, 0.4) is 0 Å². The van der Waals surface area contributed by atoms with E-state index in [1.54, 1.807) is 23.7 Å². The van der Waals surface area contributed by atoms with Gasteiger partial charge in [-0.2, -0.15) is 0 Å². The lowest BCUT2D eigenvalue weighted by Gasteiger charge is -2.38. The van der Waals surface area contributed by atoms with Gasteiger partial charge in [0.25, 0.3) is 0 Å². The van der Waals surface area contributed by atoms with Crippen molar-refractivity contribution < 1.29 is 4.79 Å². The van der Waals surface area contributed by atoms with E-state index in [4.69, 9.17) is 0 Å². The number of likely N-dealkylation sites (tertiary alicyclic amines) is 1. The molecule has 0 bridgehead atoms. The molecule has 1 atom stereocenters. The molecule has 0 aromatic carbocycles. The Labute approximate surface area is 139 Å². The van der Waals surface area contributed by atoms with Crippen molar-refractivity contribution >= 4 is 22.9 Å². The van der Waals surface area contributed by atoms with Crippen molar-refractivity contribution in [3.8, 4) is 0 Å². The zero-order chi connectivity index (χ0) is 15.7.